The van der Waals surface area contributed by atoms with Crippen LogP contribution in [-0.4, -0.2) is 5.11 Å². The van der Waals surface area contributed by atoms with Crippen LogP contribution in [0.15, 0.2) is 45.3 Å². The fraction of sp³-hybridized carbons (Fsp3) is 0.294. The molecule has 0 spiro atoms. The minimum Gasteiger partial charge on any atom is -0.384 e. The van der Waals surface area contributed by atoms with Gasteiger partial charge in [0.1, 0.15) is 6.10 Å². The van der Waals surface area contributed by atoms with Gasteiger partial charge in [-0.15, -0.1) is 0 Å². The van der Waals surface area contributed by atoms with E-state index in [-0.39, 0.29) is 0 Å². The number of hydrogen-bond donors (Lipinski definition) is 1. The lowest BCUT2D eigenvalue weighted by Crippen LogP contribution is -2.06. The first-order valence-electron chi connectivity index (χ1n) is 6.90. The maximum atomic E-state index is 10.6. The molecule has 0 fully saturated rings. The summed E-state index contributed by atoms with van der Waals surface area (Å²) in [5, 5.41) is 10.6. The van der Waals surface area contributed by atoms with Crippen LogP contribution in [0.3, 0.4) is 0 Å². The van der Waals surface area contributed by atoms with Gasteiger partial charge in [-0.05, 0) is 60.1 Å². The lowest BCUT2D eigenvalue weighted by atomic mass is 9.88. The van der Waals surface area contributed by atoms with Crippen molar-refractivity contribution in [3.8, 4) is 0 Å². The minimum atomic E-state index is -0.579. The quantitative estimate of drug-likeness (QED) is 0.743. The van der Waals surface area contributed by atoms with E-state index in [0.29, 0.717) is 0 Å². The molecule has 3 heteroatoms. The number of aliphatic hydroxyl groups excluding tert-OH is 1. The average Bonchev–Trinajstić information content (AvgIpc) is 2.46. The van der Waals surface area contributed by atoms with E-state index < -0.39 is 6.10 Å². The van der Waals surface area contributed by atoms with Crippen LogP contribution in [-0.2, 0) is 12.8 Å². The van der Waals surface area contributed by atoms with Gasteiger partial charge in [0.25, 0.3) is 0 Å². The fourth-order valence-electron chi connectivity index (χ4n) is 2.83. The van der Waals surface area contributed by atoms with Gasteiger partial charge in [-0.3, -0.25) is 0 Å². The van der Waals surface area contributed by atoms with E-state index in [2.05, 4.69) is 50.1 Å². The smallest absolute Gasteiger partial charge is 0.105 e. The van der Waals surface area contributed by atoms with Gasteiger partial charge in [0.15, 0.2) is 0 Å². The van der Waals surface area contributed by atoms with Gasteiger partial charge < -0.3 is 5.11 Å². The second-order valence-corrected chi connectivity index (χ2v) is 7.07. The molecule has 20 heavy (non-hydrogen) atoms. The van der Waals surface area contributed by atoms with Gasteiger partial charge in [0.2, 0.25) is 0 Å². The summed E-state index contributed by atoms with van der Waals surface area (Å²) in [4.78, 5) is 0. The third-order valence-corrected chi connectivity index (χ3v) is 5.13. The molecule has 0 bridgehead atoms. The van der Waals surface area contributed by atoms with E-state index in [0.717, 1.165) is 26.5 Å². The number of aliphatic hydroxyl groups is 1. The Morgan fingerprint density at radius 2 is 1.65 bits per heavy atom. The van der Waals surface area contributed by atoms with Crippen LogP contribution < -0.4 is 0 Å². The molecule has 104 valence electrons. The molecule has 0 saturated heterocycles. The summed E-state index contributed by atoms with van der Waals surface area (Å²) in [7, 11) is 0. The highest BCUT2D eigenvalue weighted by Gasteiger charge is 2.16. The van der Waals surface area contributed by atoms with E-state index in [1.165, 1.54) is 30.4 Å². The SMILES string of the molecule is OC(c1ccc2c(c1)CCCC2)c1ccc(Br)cc1Br. The molecule has 0 aliphatic heterocycles. The molecule has 1 nitrogen and oxygen atoms in total. The van der Waals surface area contributed by atoms with Crippen molar-refractivity contribution in [2.24, 2.45) is 0 Å². The Labute approximate surface area is 136 Å². The van der Waals surface area contributed by atoms with Crippen molar-refractivity contribution in [1.82, 2.24) is 0 Å². The molecule has 0 saturated carbocycles. The summed E-state index contributed by atoms with van der Waals surface area (Å²) >= 11 is 6.97. The molecular formula is C17H16Br2O. The van der Waals surface area contributed by atoms with E-state index in [9.17, 15) is 5.11 Å². The fourth-order valence-corrected chi connectivity index (χ4v) is 4.09. The highest BCUT2D eigenvalue weighted by Crippen LogP contribution is 2.32. The zero-order chi connectivity index (χ0) is 14.1. The van der Waals surface area contributed by atoms with Gasteiger partial charge in [0.05, 0.1) is 0 Å². The van der Waals surface area contributed by atoms with E-state index >= 15 is 0 Å². The van der Waals surface area contributed by atoms with Gasteiger partial charge in [-0.25, -0.2) is 0 Å². The summed E-state index contributed by atoms with van der Waals surface area (Å²) in [6.07, 6.45) is 4.27. The molecule has 0 amide bonds. The second kappa shape index (κ2) is 6.00. The molecule has 1 unspecified atom stereocenters. The third-order valence-electron chi connectivity index (χ3n) is 3.95. The summed E-state index contributed by atoms with van der Waals surface area (Å²) < 4.78 is 1.93. The van der Waals surface area contributed by atoms with E-state index in [1.54, 1.807) is 0 Å². The lowest BCUT2D eigenvalue weighted by Gasteiger charge is -2.19. The molecule has 0 aromatic heterocycles. The van der Waals surface area contributed by atoms with Crippen molar-refractivity contribution in [3.05, 3.63) is 67.6 Å². The number of rotatable bonds is 2. The average molecular weight is 396 g/mol. The Morgan fingerprint density at radius 1 is 0.900 bits per heavy atom. The molecule has 1 aliphatic carbocycles. The Morgan fingerprint density at radius 3 is 2.40 bits per heavy atom. The van der Waals surface area contributed by atoms with Crippen molar-refractivity contribution in [3.63, 3.8) is 0 Å². The van der Waals surface area contributed by atoms with Crippen molar-refractivity contribution in [1.29, 1.82) is 0 Å². The zero-order valence-corrected chi connectivity index (χ0v) is 14.2. The minimum absolute atomic E-state index is 0.579. The summed E-state index contributed by atoms with van der Waals surface area (Å²) in [6.45, 7) is 0. The van der Waals surface area contributed by atoms with E-state index in [4.69, 9.17) is 0 Å². The zero-order valence-electron chi connectivity index (χ0n) is 11.1. The standard InChI is InChI=1S/C17H16Br2O/c18-14-7-8-15(16(19)10-14)17(20)13-6-5-11-3-1-2-4-12(11)9-13/h5-10,17,20H,1-4H2. The third kappa shape index (κ3) is 2.85. The Kier molecular flexibility index (Phi) is 4.29. The number of benzene rings is 2. The highest BCUT2D eigenvalue weighted by atomic mass is 79.9. The maximum Gasteiger partial charge on any atom is 0.105 e. The highest BCUT2D eigenvalue weighted by molar-refractivity contribution is 9.11. The summed E-state index contributed by atoms with van der Waals surface area (Å²) in [6, 6.07) is 12.3. The molecule has 0 radical (unpaired) electrons. The first kappa shape index (κ1) is 14.3. The molecule has 1 N–H and O–H groups in total. The number of halogens is 2. The van der Waals surface area contributed by atoms with Crippen molar-refractivity contribution in [2.75, 3.05) is 0 Å². The molecular weight excluding hydrogens is 380 g/mol. The molecule has 1 atom stereocenters. The molecule has 2 aromatic carbocycles. The van der Waals surface area contributed by atoms with Crippen molar-refractivity contribution >= 4 is 31.9 Å². The van der Waals surface area contributed by atoms with Crippen LogP contribution in [0, 0.1) is 0 Å². The summed E-state index contributed by atoms with van der Waals surface area (Å²) in [5.74, 6) is 0. The first-order valence-corrected chi connectivity index (χ1v) is 8.48. The Balaban J connectivity index is 1.95. The van der Waals surface area contributed by atoms with Gasteiger partial charge in [0, 0.05) is 8.95 Å². The van der Waals surface area contributed by atoms with Crippen LogP contribution in [0.2, 0.25) is 0 Å². The normalized spacial score (nSPS) is 15.8. The van der Waals surface area contributed by atoms with E-state index in [1.807, 2.05) is 18.2 Å². The monoisotopic (exact) mass is 394 g/mol. The molecule has 2 aromatic rings. The van der Waals surface area contributed by atoms with Gasteiger partial charge in [-0.2, -0.15) is 0 Å². The maximum absolute atomic E-state index is 10.6. The molecule has 1 aliphatic rings. The topological polar surface area (TPSA) is 20.2 Å². The van der Waals surface area contributed by atoms with Crippen LogP contribution in [0.1, 0.15) is 41.2 Å². The number of fused-ring (bicyclic) bond motifs is 1. The van der Waals surface area contributed by atoms with Crippen molar-refractivity contribution in [2.45, 2.75) is 31.8 Å². The largest absolute Gasteiger partial charge is 0.384 e. The predicted octanol–water partition coefficient (Wildman–Crippen LogP) is 5.17. The second-order valence-electron chi connectivity index (χ2n) is 5.30. The Hall–Kier alpha value is -0.640. The van der Waals surface area contributed by atoms with Crippen LogP contribution >= 0.6 is 31.9 Å². The Bertz CT molecular complexity index is 637. The van der Waals surface area contributed by atoms with Crippen molar-refractivity contribution < 1.29 is 5.11 Å². The number of hydrogen-bond acceptors (Lipinski definition) is 1. The first-order chi connectivity index (χ1) is 9.65. The summed E-state index contributed by atoms with van der Waals surface area (Å²) in [5.41, 5.74) is 4.74. The van der Waals surface area contributed by atoms with Crippen LogP contribution in [0.25, 0.3) is 0 Å². The van der Waals surface area contributed by atoms with Crippen LogP contribution in [0.4, 0.5) is 0 Å². The van der Waals surface area contributed by atoms with Crippen LogP contribution in [0.5, 0.6) is 0 Å². The molecule has 0 heterocycles. The van der Waals surface area contributed by atoms with Gasteiger partial charge >= 0.3 is 0 Å². The molecule has 3 rings (SSSR count). The predicted molar refractivity (Wildman–Crippen MR) is 89.0 cm³/mol. The van der Waals surface area contributed by atoms with Gasteiger partial charge in [-0.1, -0.05) is 56.1 Å². The number of aryl methyl sites for hydroxylation is 2. The lowest BCUT2D eigenvalue weighted by molar-refractivity contribution is 0.219.